The average Bonchev–Trinajstić information content (AvgIpc) is 2.78. The molecule has 1 heterocycles. The molecular formula is C22H30FN7O6S2. The molecule has 16 heteroatoms. The smallest absolute Gasteiger partial charge is 0.332 e. The van der Waals surface area contributed by atoms with Crippen molar-refractivity contribution in [3.63, 3.8) is 0 Å². The number of aliphatic imine (C=N–C) groups is 2. The molecule has 0 aromatic heterocycles. The van der Waals surface area contributed by atoms with Gasteiger partial charge in [-0.2, -0.15) is 21.8 Å². The van der Waals surface area contributed by atoms with E-state index < -0.39 is 36.9 Å². The van der Waals surface area contributed by atoms with Gasteiger partial charge < -0.3 is 22.1 Å². The first-order valence-corrected chi connectivity index (χ1v) is 14.1. The molecule has 2 aromatic carbocycles. The van der Waals surface area contributed by atoms with E-state index in [1.807, 2.05) is 38.1 Å². The van der Waals surface area contributed by atoms with Crippen LogP contribution in [0.1, 0.15) is 31.9 Å². The van der Waals surface area contributed by atoms with Gasteiger partial charge in [0.2, 0.25) is 11.9 Å². The van der Waals surface area contributed by atoms with Crippen molar-refractivity contribution in [2.75, 3.05) is 16.0 Å². The van der Waals surface area contributed by atoms with Crippen molar-refractivity contribution in [3.8, 4) is 0 Å². The molecule has 0 spiro atoms. The predicted octanol–water partition coefficient (Wildman–Crippen LogP) is 2.05. The fraction of sp³-hybridized carbons (Fsp3) is 0.318. The summed E-state index contributed by atoms with van der Waals surface area (Å²) in [4.78, 5) is 21.8. The van der Waals surface area contributed by atoms with E-state index in [9.17, 15) is 25.5 Å². The lowest BCUT2D eigenvalue weighted by atomic mass is 10.1. The molecule has 0 saturated carbocycles. The highest BCUT2D eigenvalue weighted by atomic mass is 32.3. The van der Waals surface area contributed by atoms with Gasteiger partial charge in [0.1, 0.15) is 5.66 Å². The predicted molar refractivity (Wildman–Crippen MR) is 144 cm³/mol. The summed E-state index contributed by atoms with van der Waals surface area (Å²) in [7, 11) is -8.46. The Morgan fingerprint density at radius 1 is 1.11 bits per heavy atom. The second-order valence-electron chi connectivity index (χ2n) is 8.53. The number of hydrogen-bond acceptors (Lipinski definition) is 10. The molecule has 1 aliphatic heterocycles. The van der Waals surface area contributed by atoms with Crippen molar-refractivity contribution in [1.29, 1.82) is 0 Å². The van der Waals surface area contributed by atoms with Crippen LogP contribution in [0.5, 0.6) is 0 Å². The third-order valence-electron chi connectivity index (χ3n) is 5.13. The van der Waals surface area contributed by atoms with Crippen LogP contribution in [0.4, 0.5) is 20.1 Å². The lowest BCUT2D eigenvalue weighted by Crippen LogP contribution is -2.54. The summed E-state index contributed by atoms with van der Waals surface area (Å²) in [5.74, 6) is 0.147. The highest BCUT2D eigenvalue weighted by molar-refractivity contribution is 7.86. The minimum Gasteiger partial charge on any atom is -0.369 e. The zero-order chi connectivity index (χ0) is 28.9. The molecule has 3 rings (SSSR count). The van der Waals surface area contributed by atoms with Crippen LogP contribution in [0.25, 0.3) is 0 Å². The molecule has 2 aromatic rings. The molecule has 7 N–H and O–H groups in total. The lowest BCUT2D eigenvalue weighted by Gasteiger charge is -2.38. The molecule has 0 radical (unpaired) electrons. The first-order chi connectivity index (χ1) is 17.4. The number of amides is 2. The van der Waals surface area contributed by atoms with Crippen LogP contribution in [-0.4, -0.2) is 50.8 Å². The topological polar surface area (TPSA) is 210 Å². The Kier molecular flexibility index (Phi) is 9.41. The third kappa shape index (κ3) is 8.67. The van der Waals surface area contributed by atoms with Crippen molar-refractivity contribution in [2.24, 2.45) is 21.5 Å². The van der Waals surface area contributed by atoms with E-state index in [2.05, 4.69) is 20.6 Å². The number of rotatable bonds is 6. The number of carbonyl (C=O) groups excluding carboxylic acids is 1. The minimum absolute atomic E-state index is 0.117. The average molecular weight is 572 g/mol. The van der Waals surface area contributed by atoms with Gasteiger partial charge in [0.05, 0.1) is 10.6 Å². The van der Waals surface area contributed by atoms with E-state index in [-0.39, 0.29) is 24.2 Å². The van der Waals surface area contributed by atoms with Gasteiger partial charge in [-0.05, 0) is 69.2 Å². The number of benzene rings is 2. The van der Waals surface area contributed by atoms with Gasteiger partial charge in [0, 0.05) is 17.9 Å². The number of hydrogen-bond donors (Lipinski definition) is 5. The summed E-state index contributed by atoms with van der Waals surface area (Å²) in [6.07, 6.45) is 0. The standard InChI is InChI=1S/C20H24FN7O3S.C2H6O3S/c1-12-10-15(32(21,30)31)8-9-16(12)25-19(29)24-11-13-4-6-14(7-5-13)28-18(23)26-17(22)27-20(28,2)3;1-2-6(3,4)5/h4-10H,11H2,1-3H3,(H2,24,25,29)(H4,22,23,26,27);2H2,1H3,(H,3,4,5). The highest BCUT2D eigenvalue weighted by Gasteiger charge is 2.32. The maximum atomic E-state index is 13.1. The zero-order valence-electron chi connectivity index (χ0n) is 21.1. The van der Waals surface area contributed by atoms with Crippen molar-refractivity contribution in [2.45, 2.75) is 44.8 Å². The number of urea groups is 1. The Balaban J connectivity index is 0.000000757. The van der Waals surface area contributed by atoms with Crippen LogP contribution in [0.15, 0.2) is 57.3 Å². The summed E-state index contributed by atoms with van der Waals surface area (Å²) in [6.45, 7) is 6.89. The van der Waals surface area contributed by atoms with Gasteiger partial charge in [-0.3, -0.25) is 9.45 Å². The fourth-order valence-electron chi connectivity index (χ4n) is 3.29. The Morgan fingerprint density at radius 3 is 2.16 bits per heavy atom. The van der Waals surface area contributed by atoms with Gasteiger partial charge >= 0.3 is 16.3 Å². The fourth-order valence-corrected chi connectivity index (χ4v) is 3.84. The summed E-state index contributed by atoms with van der Waals surface area (Å²) >= 11 is 0. The van der Waals surface area contributed by atoms with Crippen molar-refractivity contribution in [1.82, 2.24) is 5.32 Å². The van der Waals surface area contributed by atoms with Crippen LogP contribution in [-0.2, 0) is 26.9 Å². The van der Waals surface area contributed by atoms with Crippen LogP contribution in [0.3, 0.4) is 0 Å². The van der Waals surface area contributed by atoms with E-state index in [1.54, 1.807) is 11.8 Å². The number of nitrogens with two attached hydrogens (primary N) is 2. The van der Waals surface area contributed by atoms with Crippen molar-refractivity contribution in [3.05, 3.63) is 53.6 Å². The van der Waals surface area contributed by atoms with E-state index in [4.69, 9.17) is 16.0 Å². The largest absolute Gasteiger partial charge is 0.369 e. The molecule has 208 valence electrons. The SMILES string of the molecule is CCS(=O)(=O)O.Cc1cc(S(=O)(=O)F)ccc1NC(=O)NCc1ccc(N2C(N)=NC(N)=NC2(C)C)cc1. The number of anilines is 2. The molecule has 0 aliphatic carbocycles. The molecular weight excluding hydrogens is 541 g/mol. The van der Waals surface area contributed by atoms with Crippen LogP contribution in [0.2, 0.25) is 0 Å². The quantitative estimate of drug-likeness (QED) is 0.253. The number of guanidine groups is 2. The summed E-state index contributed by atoms with van der Waals surface area (Å²) < 4.78 is 61.9. The van der Waals surface area contributed by atoms with Gasteiger partial charge in [0.25, 0.3) is 10.1 Å². The Morgan fingerprint density at radius 2 is 1.68 bits per heavy atom. The highest BCUT2D eigenvalue weighted by Crippen LogP contribution is 2.27. The van der Waals surface area contributed by atoms with Gasteiger partial charge in [-0.15, -0.1) is 3.89 Å². The van der Waals surface area contributed by atoms with Crippen LogP contribution >= 0.6 is 0 Å². The first-order valence-electron chi connectivity index (χ1n) is 11.1. The molecule has 0 saturated heterocycles. The summed E-state index contributed by atoms with van der Waals surface area (Å²) in [6, 6.07) is 10.4. The van der Waals surface area contributed by atoms with Crippen molar-refractivity contribution >= 4 is 49.7 Å². The second kappa shape index (κ2) is 11.7. The third-order valence-corrected chi connectivity index (χ3v) is 6.68. The number of halogens is 1. The normalized spacial score (nSPS) is 14.9. The van der Waals surface area contributed by atoms with E-state index in [1.165, 1.54) is 13.0 Å². The Bertz CT molecular complexity index is 1460. The minimum atomic E-state index is -4.80. The monoisotopic (exact) mass is 571 g/mol. The first kappa shape index (κ1) is 30.5. The van der Waals surface area contributed by atoms with E-state index in [0.717, 1.165) is 23.4 Å². The molecule has 13 nitrogen and oxygen atoms in total. The van der Waals surface area contributed by atoms with Gasteiger partial charge in [-0.25, -0.2) is 9.79 Å². The lowest BCUT2D eigenvalue weighted by molar-refractivity contribution is 0.251. The molecule has 1 aliphatic rings. The maximum Gasteiger partial charge on any atom is 0.332 e. The van der Waals surface area contributed by atoms with E-state index >= 15 is 0 Å². The summed E-state index contributed by atoms with van der Waals surface area (Å²) in [5.41, 5.74) is 13.4. The Labute approximate surface area is 220 Å². The van der Waals surface area contributed by atoms with Gasteiger partial charge in [0.15, 0.2) is 0 Å². The van der Waals surface area contributed by atoms with Crippen molar-refractivity contribution < 1.29 is 30.1 Å². The number of nitrogens with zero attached hydrogens (tertiary/aromatic N) is 3. The zero-order valence-corrected chi connectivity index (χ0v) is 22.8. The Hall–Kier alpha value is -3.76. The van der Waals surface area contributed by atoms with E-state index in [0.29, 0.717) is 11.3 Å². The molecule has 2 amide bonds. The molecule has 38 heavy (non-hydrogen) atoms. The van der Waals surface area contributed by atoms with Crippen LogP contribution in [0, 0.1) is 6.92 Å². The number of nitrogens with one attached hydrogen (secondary N) is 2. The second-order valence-corrected chi connectivity index (χ2v) is 11.6. The molecule has 0 unspecified atom stereocenters. The van der Waals surface area contributed by atoms with Gasteiger partial charge in [-0.1, -0.05) is 12.1 Å². The number of carbonyl (C=O) groups is 1. The number of aryl methyl sites for hydroxylation is 1. The maximum absolute atomic E-state index is 13.1. The molecule has 0 atom stereocenters. The molecule has 0 fully saturated rings. The summed E-state index contributed by atoms with van der Waals surface area (Å²) in [5, 5.41) is 5.32. The molecule has 0 bridgehead atoms. The van der Waals surface area contributed by atoms with Crippen LogP contribution < -0.4 is 27.0 Å².